The summed E-state index contributed by atoms with van der Waals surface area (Å²) in [6.45, 7) is 2.41. The van der Waals surface area contributed by atoms with Gasteiger partial charge in [-0.1, -0.05) is 12.5 Å². The molecule has 1 amide bonds. The third-order valence-electron chi connectivity index (χ3n) is 5.32. The van der Waals surface area contributed by atoms with Gasteiger partial charge in [-0.05, 0) is 30.7 Å². The maximum atomic E-state index is 12.8. The van der Waals surface area contributed by atoms with E-state index in [-0.39, 0.29) is 11.8 Å². The van der Waals surface area contributed by atoms with E-state index >= 15 is 0 Å². The largest absolute Gasteiger partial charge is 0.355 e. The van der Waals surface area contributed by atoms with E-state index in [9.17, 15) is 4.79 Å². The van der Waals surface area contributed by atoms with Crippen molar-refractivity contribution in [1.29, 1.82) is 0 Å². The maximum Gasteiger partial charge on any atom is 0.230 e. The van der Waals surface area contributed by atoms with Gasteiger partial charge in [-0.2, -0.15) is 0 Å². The van der Waals surface area contributed by atoms with Crippen molar-refractivity contribution in [3.63, 3.8) is 0 Å². The molecule has 2 aromatic heterocycles. The standard InChI is InChI=1S/C18H24N4OS/c1-21-12-20-16-11-22(13-4-2-5-13)10-15(17(16)21)18(23)19-8-7-14-6-3-9-24-14/h3,6,9,12-13,15H,2,4-5,7-8,10-11H2,1H3,(H,19,23)/t15-/m1/s1. The summed E-state index contributed by atoms with van der Waals surface area (Å²) in [4.78, 5) is 21.2. The zero-order chi connectivity index (χ0) is 16.5. The first-order chi connectivity index (χ1) is 11.7. The van der Waals surface area contributed by atoms with Crippen molar-refractivity contribution in [1.82, 2.24) is 19.8 Å². The molecule has 1 aliphatic carbocycles. The molecule has 128 valence electrons. The van der Waals surface area contributed by atoms with Crippen molar-refractivity contribution < 1.29 is 4.79 Å². The number of nitrogens with zero attached hydrogens (tertiary/aromatic N) is 3. The van der Waals surface area contributed by atoms with Crippen LogP contribution in [0.4, 0.5) is 0 Å². The summed E-state index contributed by atoms with van der Waals surface area (Å²) >= 11 is 1.74. The Hall–Kier alpha value is -1.66. The Morgan fingerprint density at radius 2 is 2.33 bits per heavy atom. The number of carbonyl (C=O) groups excluding carboxylic acids is 1. The molecule has 2 aliphatic rings. The number of imidazole rings is 1. The zero-order valence-electron chi connectivity index (χ0n) is 14.1. The quantitative estimate of drug-likeness (QED) is 0.905. The second kappa shape index (κ2) is 6.69. The summed E-state index contributed by atoms with van der Waals surface area (Å²) in [5.41, 5.74) is 2.17. The lowest BCUT2D eigenvalue weighted by Crippen LogP contribution is -2.48. The van der Waals surface area contributed by atoms with Crippen LogP contribution in [0.15, 0.2) is 23.8 Å². The second-order valence-electron chi connectivity index (χ2n) is 6.87. The van der Waals surface area contributed by atoms with Crippen molar-refractivity contribution in [2.75, 3.05) is 13.1 Å². The number of thiophene rings is 1. The normalized spacial score (nSPS) is 21.3. The number of fused-ring (bicyclic) bond motifs is 1. The maximum absolute atomic E-state index is 12.8. The van der Waals surface area contributed by atoms with Gasteiger partial charge in [0, 0.05) is 37.6 Å². The first-order valence-electron chi connectivity index (χ1n) is 8.76. The van der Waals surface area contributed by atoms with Crippen LogP contribution in [0.3, 0.4) is 0 Å². The van der Waals surface area contributed by atoms with E-state index in [1.54, 1.807) is 11.3 Å². The van der Waals surface area contributed by atoms with Crippen molar-refractivity contribution in [2.45, 2.75) is 44.2 Å². The third-order valence-corrected chi connectivity index (χ3v) is 6.26. The van der Waals surface area contributed by atoms with Crippen LogP contribution >= 0.6 is 11.3 Å². The zero-order valence-corrected chi connectivity index (χ0v) is 14.9. The molecule has 0 radical (unpaired) electrons. The van der Waals surface area contributed by atoms with Crippen LogP contribution in [-0.4, -0.2) is 39.5 Å². The number of aromatic nitrogens is 2. The SMILES string of the molecule is Cn1cnc2c1[C@H](C(=O)NCCc1cccs1)CN(C1CCC1)C2. The molecule has 1 atom stereocenters. The molecule has 3 heterocycles. The molecule has 1 N–H and O–H groups in total. The fourth-order valence-electron chi connectivity index (χ4n) is 3.76. The van der Waals surface area contributed by atoms with Crippen molar-refractivity contribution in [3.8, 4) is 0 Å². The predicted molar refractivity (Wildman–Crippen MR) is 95.0 cm³/mol. The lowest BCUT2D eigenvalue weighted by molar-refractivity contribution is -0.123. The van der Waals surface area contributed by atoms with Crippen LogP contribution in [0.2, 0.25) is 0 Å². The van der Waals surface area contributed by atoms with Gasteiger partial charge in [-0.3, -0.25) is 9.69 Å². The number of rotatable bonds is 5. The van der Waals surface area contributed by atoms with E-state index in [4.69, 9.17) is 0 Å². The Kier molecular flexibility index (Phi) is 4.41. The molecule has 6 heteroatoms. The lowest BCUT2D eigenvalue weighted by Gasteiger charge is -2.41. The van der Waals surface area contributed by atoms with Gasteiger partial charge in [0.1, 0.15) is 0 Å². The van der Waals surface area contributed by atoms with Gasteiger partial charge in [-0.15, -0.1) is 11.3 Å². The van der Waals surface area contributed by atoms with Gasteiger partial charge >= 0.3 is 0 Å². The first kappa shape index (κ1) is 15.8. The molecule has 1 fully saturated rings. The molecule has 1 saturated carbocycles. The highest BCUT2D eigenvalue weighted by Gasteiger charge is 2.37. The minimum absolute atomic E-state index is 0.106. The van der Waals surface area contributed by atoms with Gasteiger partial charge in [0.25, 0.3) is 0 Å². The number of hydrogen-bond acceptors (Lipinski definition) is 4. The van der Waals surface area contributed by atoms with Crippen molar-refractivity contribution in [3.05, 3.63) is 40.1 Å². The molecule has 5 nitrogen and oxygen atoms in total. The Morgan fingerprint density at radius 3 is 3.04 bits per heavy atom. The van der Waals surface area contributed by atoms with Gasteiger partial charge in [0.15, 0.2) is 0 Å². The predicted octanol–water partition coefficient (Wildman–Crippen LogP) is 2.29. The number of hydrogen-bond donors (Lipinski definition) is 1. The van der Waals surface area contributed by atoms with Crippen molar-refractivity contribution >= 4 is 17.2 Å². The minimum atomic E-state index is -0.106. The fourth-order valence-corrected chi connectivity index (χ4v) is 4.47. The third kappa shape index (κ3) is 3.00. The summed E-state index contributed by atoms with van der Waals surface area (Å²) in [5.74, 6) is 0.0330. The average Bonchev–Trinajstić information content (AvgIpc) is 3.15. The molecule has 24 heavy (non-hydrogen) atoms. The van der Waals surface area contributed by atoms with Gasteiger partial charge in [-0.25, -0.2) is 4.98 Å². The highest BCUT2D eigenvalue weighted by Crippen LogP contribution is 2.34. The van der Waals surface area contributed by atoms with E-state index < -0.39 is 0 Å². The number of carbonyl (C=O) groups is 1. The molecule has 0 saturated heterocycles. The topological polar surface area (TPSA) is 50.2 Å². The Bertz CT molecular complexity index is 705. The van der Waals surface area contributed by atoms with E-state index in [0.29, 0.717) is 12.6 Å². The molecule has 0 spiro atoms. The average molecular weight is 344 g/mol. The van der Waals surface area contributed by atoms with E-state index in [2.05, 4.69) is 32.7 Å². The van der Waals surface area contributed by atoms with Crippen LogP contribution in [0.25, 0.3) is 0 Å². The number of nitrogens with one attached hydrogen (secondary N) is 1. The Labute approximate surface area is 146 Å². The fraction of sp³-hybridized carbons (Fsp3) is 0.556. The van der Waals surface area contributed by atoms with Crippen LogP contribution in [0, 0.1) is 0 Å². The van der Waals surface area contributed by atoms with Crippen LogP contribution in [-0.2, 0) is 24.8 Å². The van der Waals surface area contributed by atoms with Crippen LogP contribution in [0.1, 0.15) is 41.4 Å². The van der Waals surface area contributed by atoms with Crippen LogP contribution < -0.4 is 5.32 Å². The monoisotopic (exact) mass is 344 g/mol. The van der Waals surface area contributed by atoms with E-state index in [1.165, 1.54) is 24.1 Å². The summed E-state index contributed by atoms with van der Waals surface area (Å²) in [6.07, 6.45) is 6.58. The van der Waals surface area contributed by atoms with E-state index in [0.717, 1.165) is 30.9 Å². The lowest BCUT2D eigenvalue weighted by atomic mass is 9.87. The van der Waals surface area contributed by atoms with Crippen LogP contribution in [0.5, 0.6) is 0 Å². The Balaban J connectivity index is 1.45. The number of aryl methyl sites for hydroxylation is 1. The molecule has 0 aromatic carbocycles. The highest BCUT2D eigenvalue weighted by atomic mass is 32.1. The molecule has 0 bridgehead atoms. The molecular formula is C18H24N4OS. The molecule has 0 unspecified atom stereocenters. The van der Waals surface area contributed by atoms with Gasteiger partial charge in [0.2, 0.25) is 5.91 Å². The number of amides is 1. The van der Waals surface area contributed by atoms with Gasteiger partial charge in [0.05, 0.1) is 23.6 Å². The first-order valence-corrected chi connectivity index (χ1v) is 9.64. The summed E-state index contributed by atoms with van der Waals surface area (Å²) in [6, 6.07) is 4.82. The highest BCUT2D eigenvalue weighted by molar-refractivity contribution is 7.09. The summed E-state index contributed by atoms with van der Waals surface area (Å²) in [5, 5.41) is 5.22. The molecular weight excluding hydrogens is 320 g/mol. The molecule has 1 aliphatic heterocycles. The Morgan fingerprint density at radius 1 is 1.46 bits per heavy atom. The van der Waals surface area contributed by atoms with Crippen molar-refractivity contribution in [2.24, 2.45) is 7.05 Å². The second-order valence-corrected chi connectivity index (χ2v) is 7.91. The molecule has 2 aromatic rings. The minimum Gasteiger partial charge on any atom is -0.355 e. The summed E-state index contributed by atoms with van der Waals surface area (Å²) in [7, 11) is 2.00. The smallest absolute Gasteiger partial charge is 0.230 e. The summed E-state index contributed by atoms with van der Waals surface area (Å²) < 4.78 is 2.02. The molecule has 4 rings (SSSR count). The van der Waals surface area contributed by atoms with Gasteiger partial charge < -0.3 is 9.88 Å². The van der Waals surface area contributed by atoms with E-state index in [1.807, 2.05) is 17.9 Å².